The lowest BCUT2D eigenvalue weighted by molar-refractivity contribution is 0.426. The Bertz CT molecular complexity index is 1130. The highest BCUT2D eigenvalue weighted by atomic mass is 16.5. The van der Waals surface area contributed by atoms with E-state index in [-0.39, 0.29) is 17.3 Å². The minimum absolute atomic E-state index is 0.221. The fourth-order valence-electron chi connectivity index (χ4n) is 2.29. The van der Waals surface area contributed by atoms with Gasteiger partial charge in [0, 0.05) is 12.1 Å². The maximum Gasteiger partial charge on any atom is 0.222 e. The smallest absolute Gasteiger partial charge is 0.222 e. The lowest BCUT2D eigenvalue weighted by Crippen LogP contribution is -1.92. The predicted molar refractivity (Wildman–Crippen MR) is 99.2 cm³/mol. The first-order valence-electron chi connectivity index (χ1n) is 7.85. The van der Waals surface area contributed by atoms with Gasteiger partial charge in [-0.1, -0.05) is 18.2 Å². The van der Waals surface area contributed by atoms with Gasteiger partial charge >= 0.3 is 0 Å². The molecule has 0 bridgehead atoms. The molecule has 3 aromatic rings. The van der Waals surface area contributed by atoms with Crippen LogP contribution in [0.4, 0.5) is 11.4 Å². The van der Waals surface area contributed by atoms with Crippen molar-refractivity contribution in [2.24, 2.45) is 0 Å². The number of hydrogen-bond acceptors (Lipinski definition) is 4. The molecule has 0 saturated heterocycles. The Morgan fingerprint density at radius 1 is 0.889 bits per heavy atom. The third-order valence-electron chi connectivity index (χ3n) is 3.66. The van der Waals surface area contributed by atoms with Crippen molar-refractivity contribution in [2.45, 2.75) is 6.92 Å². The largest absolute Gasteiger partial charge is 0.440 e. The summed E-state index contributed by atoms with van der Waals surface area (Å²) in [7, 11) is 0. The highest BCUT2D eigenvalue weighted by Gasteiger charge is 2.08. The van der Waals surface area contributed by atoms with Gasteiger partial charge in [0.1, 0.15) is 11.5 Å². The molecular formula is C21H12N4O2. The van der Waals surface area contributed by atoms with E-state index in [1.54, 1.807) is 42.5 Å². The molecule has 0 aliphatic carbocycles. The third kappa shape index (κ3) is 4.02. The lowest BCUT2D eigenvalue weighted by atomic mass is 10.1. The number of rotatable bonds is 4. The van der Waals surface area contributed by atoms with E-state index in [0.29, 0.717) is 22.9 Å². The van der Waals surface area contributed by atoms with Gasteiger partial charge < -0.3 is 9.47 Å². The maximum absolute atomic E-state index is 9.12. The average molecular weight is 352 g/mol. The van der Waals surface area contributed by atoms with Crippen molar-refractivity contribution in [2.75, 3.05) is 0 Å². The first kappa shape index (κ1) is 17.5. The number of ether oxygens (including phenoxy) is 2. The number of nitriles is 1. The molecule has 6 nitrogen and oxygen atoms in total. The molecule has 0 radical (unpaired) electrons. The van der Waals surface area contributed by atoms with Gasteiger partial charge in [0.25, 0.3) is 0 Å². The molecular weight excluding hydrogens is 340 g/mol. The van der Waals surface area contributed by atoms with Crippen LogP contribution in [-0.2, 0) is 0 Å². The summed E-state index contributed by atoms with van der Waals surface area (Å²) >= 11 is 0. The van der Waals surface area contributed by atoms with Crippen molar-refractivity contribution in [3.63, 3.8) is 0 Å². The summed E-state index contributed by atoms with van der Waals surface area (Å²) in [5.74, 6) is 1.49. The van der Waals surface area contributed by atoms with Gasteiger partial charge in [-0.25, -0.2) is 4.85 Å². The van der Waals surface area contributed by atoms with Crippen molar-refractivity contribution in [3.8, 4) is 29.3 Å². The van der Waals surface area contributed by atoms with E-state index in [4.69, 9.17) is 27.9 Å². The standard InChI is InChI=1S/C21H12N4O2/c1-14-7-8-16(11-15(14)13-22)26-20-5-4-6-21(25-20)27-17-9-10-18(23-2)19(12-17)24-3/h4-12H,1H3. The van der Waals surface area contributed by atoms with Gasteiger partial charge in [-0.3, -0.25) is 4.85 Å². The molecule has 0 spiro atoms. The molecule has 1 heterocycles. The molecule has 0 unspecified atom stereocenters. The molecule has 6 heteroatoms. The van der Waals surface area contributed by atoms with Crippen LogP contribution in [0.2, 0.25) is 0 Å². The summed E-state index contributed by atoms with van der Waals surface area (Å²) in [6, 6.07) is 17.0. The molecule has 0 amide bonds. The molecule has 1 aromatic heterocycles. The molecule has 2 aromatic carbocycles. The topological polar surface area (TPSA) is 63.9 Å². The second-order valence-electron chi connectivity index (χ2n) is 5.48. The molecule has 0 fully saturated rings. The zero-order valence-electron chi connectivity index (χ0n) is 14.3. The van der Waals surface area contributed by atoms with E-state index >= 15 is 0 Å². The van der Waals surface area contributed by atoms with Crippen LogP contribution in [0.5, 0.6) is 23.3 Å². The molecule has 0 N–H and O–H groups in total. The molecule has 0 saturated carbocycles. The van der Waals surface area contributed by atoms with E-state index in [1.807, 2.05) is 6.92 Å². The van der Waals surface area contributed by atoms with Crippen molar-refractivity contribution in [3.05, 3.63) is 88.6 Å². The molecule has 0 aliphatic heterocycles. The van der Waals surface area contributed by atoms with Crippen LogP contribution >= 0.6 is 0 Å². The fraction of sp³-hybridized carbons (Fsp3) is 0.0476. The number of pyridine rings is 1. The quantitative estimate of drug-likeness (QED) is 0.544. The monoisotopic (exact) mass is 352 g/mol. The SMILES string of the molecule is [C-]#[N+]c1ccc(Oc2cccc(Oc3ccc(C)c(C#N)c3)n2)cc1[N+]#[C-]. The van der Waals surface area contributed by atoms with Gasteiger partial charge in [-0.05, 0) is 36.8 Å². The van der Waals surface area contributed by atoms with Crippen molar-refractivity contribution in [1.29, 1.82) is 5.26 Å². The summed E-state index contributed by atoms with van der Waals surface area (Å²) in [6.07, 6.45) is 0. The van der Waals surface area contributed by atoms with Gasteiger partial charge in [-0.2, -0.15) is 10.2 Å². The van der Waals surface area contributed by atoms with Gasteiger partial charge in [-0.15, -0.1) is 0 Å². The number of aromatic nitrogens is 1. The summed E-state index contributed by atoms with van der Waals surface area (Å²) < 4.78 is 11.4. The average Bonchev–Trinajstić information content (AvgIpc) is 2.69. The van der Waals surface area contributed by atoms with E-state index in [2.05, 4.69) is 20.7 Å². The summed E-state index contributed by atoms with van der Waals surface area (Å²) in [5, 5.41) is 9.12. The second-order valence-corrected chi connectivity index (χ2v) is 5.48. The third-order valence-corrected chi connectivity index (χ3v) is 3.66. The fourth-order valence-corrected chi connectivity index (χ4v) is 2.29. The highest BCUT2D eigenvalue weighted by Crippen LogP contribution is 2.34. The van der Waals surface area contributed by atoms with Gasteiger partial charge in [0.15, 0.2) is 11.4 Å². The van der Waals surface area contributed by atoms with E-state index in [1.165, 1.54) is 12.1 Å². The van der Waals surface area contributed by atoms with E-state index in [0.717, 1.165) is 5.56 Å². The van der Waals surface area contributed by atoms with Crippen LogP contribution in [0, 0.1) is 31.4 Å². The van der Waals surface area contributed by atoms with Crippen LogP contribution in [0.3, 0.4) is 0 Å². The Labute approximate surface area is 156 Å². The van der Waals surface area contributed by atoms with Gasteiger partial charge in [0.2, 0.25) is 11.8 Å². The number of benzene rings is 2. The zero-order valence-corrected chi connectivity index (χ0v) is 14.3. The van der Waals surface area contributed by atoms with Crippen molar-refractivity contribution < 1.29 is 9.47 Å². The molecule has 0 aliphatic rings. The predicted octanol–water partition coefficient (Wildman–Crippen LogP) is 5.95. The molecule has 128 valence electrons. The number of nitrogens with zero attached hydrogens (tertiary/aromatic N) is 4. The summed E-state index contributed by atoms with van der Waals surface area (Å²) in [6.45, 7) is 16.0. The second kappa shape index (κ2) is 7.70. The molecule has 3 rings (SSSR count). The Kier molecular flexibility index (Phi) is 4.98. The van der Waals surface area contributed by atoms with Crippen LogP contribution < -0.4 is 9.47 Å². The maximum atomic E-state index is 9.12. The number of aryl methyl sites for hydroxylation is 1. The summed E-state index contributed by atoms with van der Waals surface area (Å²) in [5.41, 5.74) is 1.90. The Hall–Kier alpha value is -4.34. The Morgan fingerprint density at radius 3 is 2.15 bits per heavy atom. The minimum Gasteiger partial charge on any atom is -0.440 e. The molecule has 0 atom stereocenters. The van der Waals surface area contributed by atoms with Gasteiger partial charge in [0.05, 0.1) is 24.8 Å². The van der Waals surface area contributed by atoms with Crippen molar-refractivity contribution >= 4 is 11.4 Å². The Morgan fingerprint density at radius 2 is 1.52 bits per heavy atom. The first-order chi connectivity index (χ1) is 13.1. The highest BCUT2D eigenvalue weighted by molar-refractivity contribution is 5.72. The van der Waals surface area contributed by atoms with Crippen LogP contribution in [0.25, 0.3) is 9.69 Å². The zero-order chi connectivity index (χ0) is 19.2. The van der Waals surface area contributed by atoms with Crippen LogP contribution in [0.15, 0.2) is 54.6 Å². The Balaban J connectivity index is 1.81. The number of hydrogen-bond donors (Lipinski definition) is 0. The van der Waals surface area contributed by atoms with Crippen molar-refractivity contribution in [1.82, 2.24) is 4.98 Å². The normalized spacial score (nSPS) is 9.56. The minimum atomic E-state index is 0.221. The van der Waals surface area contributed by atoms with E-state index in [9.17, 15) is 0 Å². The summed E-state index contributed by atoms with van der Waals surface area (Å²) in [4.78, 5) is 10.9. The van der Waals surface area contributed by atoms with E-state index < -0.39 is 0 Å². The first-order valence-corrected chi connectivity index (χ1v) is 7.85. The lowest BCUT2D eigenvalue weighted by Gasteiger charge is -2.09. The molecule has 27 heavy (non-hydrogen) atoms. The van der Waals surface area contributed by atoms with Crippen LogP contribution in [0.1, 0.15) is 11.1 Å². The van der Waals surface area contributed by atoms with Crippen LogP contribution in [-0.4, -0.2) is 4.98 Å².